The molecule has 2 aromatic carbocycles. The van der Waals surface area contributed by atoms with E-state index in [1.165, 1.54) is 23.9 Å². The van der Waals surface area contributed by atoms with E-state index < -0.39 is 5.97 Å². The van der Waals surface area contributed by atoms with Gasteiger partial charge in [0.15, 0.2) is 0 Å². The summed E-state index contributed by atoms with van der Waals surface area (Å²) < 4.78 is 0. The number of thioether (sulfide) groups is 1. The average molecular weight is 350 g/mol. The van der Waals surface area contributed by atoms with Crippen LogP contribution >= 0.6 is 23.4 Å². The molecule has 2 N–H and O–H groups in total. The van der Waals surface area contributed by atoms with Gasteiger partial charge < -0.3 is 10.4 Å². The first kappa shape index (κ1) is 17.4. The Morgan fingerprint density at radius 2 is 1.96 bits per heavy atom. The number of aromatic carboxylic acids is 1. The van der Waals surface area contributed by atoms with Crippen molar-refractivity contribution < 1.29 is 14.7 Å². The highest BCUT2D eigenvalue weighted by molar-refractivity contribution is 7.99. The van der Waals surface area contributed by atoms with Crippen molar-refractivity contribution in [2.75, 3.05) is 11.1 Å². The molecule has 0 aliphatic rings. The highest BCUT2D eigenvalue weighted by Crippen LogP contribution is 2.21. The van der Waals surface area contributed by atoms with Crippen molar-refractivity contribution in [3.63, 3.8) is 0 Å². The molecule has 2 rings (SSSR count). The first-order valence-electron chi connectivity index (χ1n) is 6.92. The maximum atomic E-state index is 12.0. The SMILES string of the molecule is Cc1ccc(C(=O)O)cc1NC(=O)CSCc1ccccc1Cl. The van der Waals surface area contributed by atoms with Gasteiger partial charge in [0, 0.05) is 16.5 Å². The number of carbonyl (C=O) groups excluding carboxylic acids is 1. The number of hydrogen-bond donors (Lipinski definition) is 2. The number of anilines is 1. The molecule has 0 bridgehead atoms. The molecule has 0 aromatic heterocycles. The van der Waals surface area contributed by atoms with Gasteiger partial charge in [0.25, 0.3) is 0 Å². The third-order valence-corrected chi connectivity index (χ3v) is 4.56. The second kappa shape index (κ2) is 8.04. The zero-order valence-electron chi connectivity index (χ0n) is 12.5. The second-order valence-electron chi connectivity index (χ2n) is 4.97. The number of nitrogens with one attached hydrogen (secondary N) is 1. The number of halogens is 1. The van der Waals surface area contributed by atoms with Crippen molar-refractivity contribution in [2.45, 2.75) is 12.7 Å². The van der Waals surface area contributed by atoms with E-state index in [0.717, 1.165) is 11.1 Å². The zero-order valence-corrected chi connectivity index (χ0v) is 14.1. The van der Waals surface area contributed by atoms with Crippen LogP contribution in [0.5, 0.6) is 0 Å². The largest absolute Gasteiger partial charge is 0.478 e. The number of aryl methyl sites for hydroxylation is 1. The minimum atomic E-state index is -1.02. The Bertz CT molecular complexity index is 734. The molecule has 0 radical (unpaired) electrons. The number of carbonyl (C=O) groups is 2. The quantitative estimate of drug-likeness (QED) is 0.819. The van der Waals surface area contributed by atoms with Gasteiger partial charge in [-0.1, -0.05) is 35.9 Å². The molecule has 0 aliphatic heterocycles. The number of hydrogen-bond acceptors (Lipinski definition) is 3. The van der Waals surface area contributed by atoms with Crippen LogP contribution in [0.15, 0.2) is 42.5 Å². The summed E-state index contributed by atoms with van der Waals surface area (Å²) in [6.07, 6.45) is 0. The molecular weight excluding hydrogens is 334 g/mol. The molecule has 0 heterocycles. The highest BCUT2D eigenvalue weighted by atomic mass is 35.5. The Morgan fingerprint density at radius 1 is 1.22 bits per heavy atom. The van der Waals surface area contributed by atoms with Crippen LogP contribution in [0.4, 0.5) is 5.69 Å². The van der Waals surface area contributed by atoms with Gasteiger partial charge in [0.05, 0.1) is 11.3 Å². The van der Waals surface area contributed by atoms with Gasteiger partial charge in [-0.2, -0.15) is 0 Å². The number of rotatable bonds is 6. The molecule has 0 saturated heterocycles. The van der Waals surface area contributed by atoms with Gasteiger partial charge >= 0.3 is 5.97 Å². The Hall–Kier alpha value is -1.98. The zero-order chi connectivity index (χ0) is 16.8. The molecule has 0 fully saturated rings. The summed E-state index contributed by atoms with van der Waals surface area (Å²) in [5.41, 5.74) is 2.47. The second-order valence-corrected chi connectivity index (χ2v) is 6.36. The van der Waals surface area contributed by atoms with Crippen LogP contribution in [-0.2, 0) is 10.5 Å². The Labute approximate surface area is 143 Å². The van der Waals surface area contributed by atoms with E-state index in [9.17, 15) is 9.59 Å². The van der Waals surface area contributed by atoms with Crippen LogP contribution in [0.3, 0.4) is 0 Å². The Morgan fingerprint density at radius 3 is 2.65 bits per heavy atom. The lowest BCUT2D eigenvalue weighted by Gasteiger charge is -2.09. The summed E-state index contributed by atoms with van der Waals surface area (Å²) in [7, 11) is 0. The molecule has 0 atom stereocenters. The summed E-state index contributed by atoms with van der Waals surface area (Å²) in [6.45, 7) is 1.82. The van der Waals surface area contributed by atoms with Gasteiger partial charge in [0.2, 0.25) is 5.91 Å². The third kappa shape index (κ3) is 5.01. The van der Waals surface area contributed by atoms with Crippen molar-refractivity contribution >= 4 is 40.9 Å². The first-order valence-corrected chi connectivity index (χ1v) is 8.45. The molecular formula is C17H16ClNO3S. The fourth-order valence-corrected chi connectivity index (χ4v) is 3.06. The van der Waals surface area contributed by atoms with Crippen molar-refractivity contribution in [3.8, 4) is 0 Å². The van der Waals surface area contributed by atoms with Crippen LogP contribution in [0, 0.1) is 6.92 Å². The number of carboxylic acids is 1. The summed E-state index contributed by atoms with van der Waals surface area (Å²) in [4.78, 5) is 23.0. The summed E-state index contributed by atoms with van der Waals surface area (Å²) in [6, 6.07) is 12.2. The average Bonchev–Trinajstić information content (AvgIpc) is 2.51. The van der Waals surface area contributed by atoms with E-state index in [1.807, 2.05) is 31.2 Å². The molecule has 0 unspecified atom stereocenters. The van der Waals surface area contributed by atoms with Crippen LogP contribution in [0.25, 0.3) is 0 Å². The summed E-state index contributed by atoms with van der Waals surface area (Å²) in [5, 5.41) is 12.4. The molecule has 6 heteroatoms. The molecule has 4 nitrogen and oxygen atoms in total. The van der Waals surface area contributed by atoms with Crippen LogP contribution in [0.1, 0.15) is 21.5 Å². The Kier molecular flexibility index (Phi) is 6.07. The number of benzene rings is 2. The Balaban J connectivity index is 1.91. The van der Waals surface area contributed by atoms with Crippen molar-refractivity contribution in [2.24, 2.45) is 0 Å². The van der Waals surface area contributed by atoms with E-state index in [-0.39, 0.29) is 17.2 Å². The molecule has 23 heavy (non-hydrogen) atoms. The minimum Gasteiger partial charge on any atom is -0.478 e. The predicted molar refractivity (Wildman–Crippen MR) is 94.4 cm³/mol. The first-order chi connectivity index (χ1) is 11.0. The molecule has 2 aromatic rings. The predicted octanol–water partition coefficient (Wildman–Crippen LogP) is 4.22. The topological polar surface area (TPSA) is 66.4 Å². The molecule has 120 valence electrons. The molecule has 0 aliphatic carbocycles. The van der Waals surface area contributed by atoms with Crippen molar-refractivity contribution in [3.05, 3.63) is 64.2 Å². The smallest absolute Gasteiger partial charge is 0.335 e. The van der Waals surface area contributed by atoms with Crippen LogP contribution < -0.4 is 5.32 Å². The van der Waals surface area contributed by atoms with E-state index in [2.05, 4.69) is 5.32 Å². The van der Waals surface area contributed by atoms with Crippen LogP contribution in [-0.4, -0.2) is 22.7 Å². The van der Waals surface area contributed by atoms with Gasteiger partial charge in [-0.05, 0) is 36.2 Å². The normalized spacial score (nSPS) is 10.3. The van der Waals surface area contributed by atoms with Crippen LogP contribution in [0.2, 0.25) is 5.02 Å². The lowest BCUT2D eigenvalue weighted by atomic mass is 10.1. The van der Waals surface area contributed by atoms with Gasteiger partial charge in [0.1, 0.15) is 0 Å². The van der Waals surface area contributed by atoms with E-state index in [0.29, 0.717) is 16.5 Å². The number of amides is 1. The van der Waals surface area contributed by atoms with Gasteiger partial charge in [-0.3, -0.25) is 4.79 Å². The third-order valence-electron chi connectivity index (χ3n) is 3.21. The molecule has 0 spiro atoms. The lowest BCUT2D eigenvalue weighted by molar-refractivity contribution is -0.113. The summed E-state index contributed by atoms with van der Waals surface area (Å²) >= 11 is 7.52. The van der Waals surface area contributed by atoms with Crippen molar-refractivity contribution in [1.82, 2.24) is 0 Å². The van der Waals surface area contributed by atoms with E-state index in [1.54, 1.807) is 6.07 Å². The van der Waals surface area contributed by atoms with Gasteiger partial charge in [-0.25, -0.2) is 4.79 Å². The lowest BCUT2D eigenvalue weighted by Crippen LogP contribution is -2.15. The fraction of sp³-hybridized carbons (Fsp3) is 0.176. The number of carboxylic acid groups (broad SMARTS) is 1. The molecule has 1 amide bonds. The minimum absolute atomic E-state index is 0.148. The maximum absolute atomic E-state index is 12.0. The standard InChI is InChI=1S/C17H16ClNO3S/c1-11-6-7-12(17(21)22)8-15(11)19-16(20)10-23-9-13-4-2-3-5-14(13)18/h2-8H,9-10H2,1H3,(H,19,20)(H,21,22). The maximum Gasteiger partial charge on any atom is 0.335 e. The highest BCUT2D eigenvalue weighted by Gasteiger charge is 2.09. The monoisotopic (exact) mass is 349 g/mol. The molecule has 0 saturated carbocycles. The summed E-state index contributed by atoms with van der Waals surface area (Å²) in [5.74, 6) is -0.287. The van der Waals surface area contributed by atoms with E-state index in [4.69, 9.17) is 16.7 Å². The van der Waals surface area contributed by atoms with E-state index >= 15 is 0 Å². The fourth-order valence-electron chi connectivity index (χ4n) is 1.95. The van der Waals surface area contributed by atoms with Gasteiger partial charge in [-0.15, -0.1) is 11.8 Å². The van der Waals surface area contributed by atoms with Crippen molar-refractivity contribution in [1.29, 1.82) is 0 Å².